The van der Waals surface area contributed by atoms with Gasteiger partial charge < -0.3 is 24.3 Å². The molecular formula is C22H21ClFN3O4. The van der Waals surface area contributed by atoms with Crippen LogP contribution in [0.4, 0.5) is 15.9 Å². The first-order valence-electron chi connectivity index (χ1n) is 10.2. The van der Waals surface area contributed by atoms with Crippen molar-refractivity contribution in [3.63, 3.8) is 0 Å². The van der Waals surface area contributed by atoms with Crippen LogP contribution in [-0.4, -0.2) is 48.6 Å². The minimum atomic E-state index is -0.480. The average Bonchev–Trinajstić information content (AvgIpc) is 3.46. The second kappa shape index (κ2) is 8.82. The van der Waals surface area contributed by atoms with E-state index in [1.165, 1.54) is 18.5 Å². The molecule has 1 N–H and O–H groups in total. The molecule has 9 heteroatoms. The summed E-state index contributed by atoms with van der Waals surface area (Å²) in [6.07, 6.45) is 3.03. The minimum Gasteiger partial charge on any atom is -0.484 e. The molecule has 0 aliphatic carbocycles. The molecule has 0 unspecified atom stereocenters. The van der Waals surface area contributed by atoms with Gasteiger partial charge in [0.25, 0.3) is 0 Å². The fourth-order valence-electron chi connectivity index (χ4n) is 3.63. The van der Waals surface area contributed by atoms with Crippen molar-refractivity contribution in [2.24, 2.45) is 0 Å². The zero-order chi connectivity index (χ0) is 21.2. The van der Waals surface area contributed by atoms with E-state index in [4.69, 9.17) is 30.5 Å². The van der Waals surface area contributed by atoms with Gasteiger partial charge in [0.05, 0.1) is 37.0 Å². The highest BCUT2D eigenvalue weighted by Crippen LogP contribution is 2.37. The number of halogens is 2. The van der Waals surface area contributed by atoms with Crippen LogP contribution in [0.3, 0.4) is 0 Å². The van der Waals surface area contributed by atoms with Gasteiger partial charge >= 0.3 is 0 Å². The van der Waals surface area contributed by atoms with Crippen molar-refractivity contribution in [3.8, 4) is 11.5 Å². The van der Waals surface area contributed by atoms with E-state index >= 15 is 0 Å². The van der Waals surface area contributed by atoms with E-state index in [1.807, 2.05) is 12.1 Å². The number of fused-ring (bicyclic) bond motifs is 1. The molecule has 0 amide bonds. The molecule has 3 aromatic rings. The third kappa shape index (κ3) is 4.51. The first-order valence-corrected chi connectivity index (χ1v) is 10.5. The highest BCUT2D eigenvalue weighted by atomic mass is 35.5. The normalized spacial score (nSPS) is 20.8. The van der Waals surface area contributed by atoms with Crippen molar-refractivity contribution >= 4 is 34.0 Å². The van der Waals surface area contributed by atoms with Crippen molar-refractivity contribution < 1.29 is 23.3 Å². The SMILES string of the molecule is Fc1ccc(Nc2ncnc3cc(O[C@H]4CCOC4)c(O[C@@H]4CCOC4)cc23)cc1Cl. The van der Waals surface area contributed by atoms with Gasteiger partial charge in [-0.15, -0.1) is 0 Å². The van der Waals surface area contributed by atoms with Gasteiger partial charge in [0, 0.05) is 30.0 Å². The van der Waals surface area contributed by atoms with Crippen molar-refractivity contribution in [3.05, 3.63) is 47.5 Å². The van der Waals surface area contributed by atoms with E-state index in [2.05, 4.69) is 15.3 Å². The van der Waals surface area contributed by atoms with Crippen LogP contribution < -0.4 is 14.8 Å². The van der Waals surface area contributed by atoms with Gasteiger partial charge in [-0.3, -0.25) is 0 Å². The number of anilines is 2. The van der Waals surface area contributed by atoms with E-state index in [0.29, 0.717) is 54.9 Å². The first kappa shape index (κ1) is 20.2. The zero-order valence-corrected chi connectivity index (χ0v) is 17.4. The third-order valence-corrected chi connectivity index (χ3v) is 5.54. The molecule has 162 valence electrons. The molecule has 7 nitrogen and oxygen atoms in total. The summed E-state index contributed by atoms with van der Waals surface area (Å²) in [7, 11) is 0. The largest absolute Gasteiger partial charge is 0.484 e. The average molecular weight is 446 g/mol. The minimum absolute atomic E-state index is 0.0274. The molecule has 2 atom stereocenters. The summed E-state index contributed by atoms with van der Waals surface area (Å²) >= 11 is 5.91. The third-order valence-electron chi connectivity index (χ3n) is 5.25. The van der Waals surface area contributed by atoms with Crippen LogP contribution in [0.2, 0.25) is 5.02 Å². The standard InChI is InChI=1S/C22H21ClFN3O4/c23-17-7-13(1-2-18(17)24)27-22-16-8-20(30-14-3-5-28-10-14)21(9-19(16)25-12-26-22)31-15-4-6-29-11-15/h1-2,7-9,12,14-15H,3-6,10-11H2,(H,25,26,27)/t14-,15+/m1/s1. The molecular weight excluding hydrogens is 425 g/mol. The van der Waals surface area contributed by atoms with E-state index in [9.17, 15) is 4.39 Å². The highest BCUT2D eigenvalue weighted by Gasteiger charge is 2.24. The number of hydrogen-bond acceptors (Lipinski definition) is 7. The summed E-state index contributed by atoms with van der Waals surface area (Å²) in [5, 5.41) is 3.96. The Kier molecular flexibility index (Phi) is 5.76. The van der Waals surface area contributed by atoms with Crippen LogP contribution in [0.1, 0.15) is 12.8 Å². The van der Waals surface area contributed by atoms with Crippen molar-refractivity contribution in [2.45, 2.75) is 25.0 Å². The van der Waals surface area contributed by atoms with Crippen molar-refractivity contribution in [1.82, 2.24) is 9.97 Å². The summed E-state index contributed by atoms with van der Waals surface area (Å²) in [6.45, 7) is 2.44. The lowest BCUT2D eigenvalue weighted by Gasteiger charge is -2.20. The summed E-state index contributed by atoms with van der Waals surface area (Å²) in [5.74, 6) is 1.29. The summed E-state index contributed by atoms with van der Waals surface area (Å²) in [4.78, 5) is 8.75. The molecule has 0 radical (unpaired) electrons. The predicted octanol–water partition coefficient (Wildman–Crippen LogP) is 4.50. The molecule has 2 aromatic carbocycles. The maximum absolute atomic E-state index is 13.5. The summed E-state index contributed by atoms with van der Waals surface area (Å²) in [6, 6.07) is 8.13. The Labute approximate surface area is 183 Å². The lowest BCUT2D eigenvalue weighted by atomic mass is 10.2. The van der Waals surface area contributed by atoms with E-state index in [-0.39, 0.29) is 17.2 Å². The Balaban J connectivity index is 1.51. The van der Waals surface area contributed by atoms with Gasteiger partial charge in [0.1, 0.15) is 30.2 Å². The Hall–Kier alpha value is -2.68. The number of ether oxygens (including phenoxy) is 4. The molecule has 2 fully saturated rings. The first-order chi connectivity index (χ1) is 15.2. The molecule has 2 aliphatic heterocycles. The predicted molar refractivity (Wildman–Crippen MR) is 114 cm³/mol. The quantitative estimate of drug-likeness (QED) is 0.598. The van der Waals surface area contributed by atoms with Gasteiger partial charge in [-0.1, -0.05) is 11.6 Å². The fraction of sp³-hybridized carbons (Fsp3) is 0.364. The molecule has 3 heterocycles. The number of nitrogens with one attached hydrogen (secondary N) is 1. The molecule has 2 saturated heterocycles. The van der Waals surface area contributed by atoms with E-state index in [0.717, 1.165) is 18.2 Å². The van der Waals surface area contributed by atoms with Gasteiger partial charge in [-0.2, -0.15) is 0 Å². The van der Waals surface area contributed by atoms with Gasteiger partial charge in [0.2, 0.25) is 0 Å². The van der Waals surface area contributed by atoms with Crippen molar-refractivity contribution in [1.29, 1.82) is 0 Å². The summed E-state index contributed by atoms with van der Waals surface area (Å²) in [5.41, 5.74) is 1.30. The molecule has 2 aliphatic rings. The Morgan fingerprint density at radius 2 is 1.68 bits per heavy atom. The second-order valence-electron chi connectivity index (χ2n) is 7.50. The number of aromatic nitrogens is 2. The Bertz CT molecular complexity index is 1090. The molecule has 0 saturated carbocycles. The van der Waals surface area contributed by atoms with Crippen LogP contribution in [0.25, 0.3) is 10.9 Å². The molecule has 0 bridgehead atoms. The van der Waals surface area contributed by atoms with E-state index in [1.54, 1.807) is 6.07 Å². The molecule has 5 rings (SSSR count). The van der Waals surface area contributed by atoms with Crippen LogP contribution >= 0.6 is 11.6 Å². The summed E-state index contributed by atoms with van der Waals surface area (Å²) < 4.78 is 36.8. The number of rotatable bonds is 6. The van der Waals surface area contributed by atoms with Gasteiger partial charge in [-0.05, 0) is 24.3 Å². The zero-order valence-electron chi connectivity index (χ0n) is 16.6. The Morgan fingerprint density at radius 1 is 0.968 bits per heavy atom. The smallest absolute Gasteiger partial charge is 0.163 e. The topological polar surface area (TPSA) is 74.7 Å². The van der Waals surface area contributed by atoms with Crippen LogP contribution in [0.15, 0.2) is 36.7 Å². The lowest BCUT2D eigenvalue weighted by molar-refractivity contribution is 0.123. The maximum Gasteiger partial charge on any atom is 0.163 e. The van der Waals surface area contributed by atoms with Gasteiger partial charge in [0.15, 0.2) is 11.5 Å². The fourth-order valence-corrected chi connectivity index (χ4v) is 3.81. The molecule has 31 heavy (non-hydrogen) atoms. The Morgan fingerprint density at radius 3 is 2.32 bits per heavy atom. The highest BCUT2D eigenvalue weighted by molar-refractivity contribution is 6.31. The molecule has 1 aromatic heterocycles. The van der Waals surface area contributed by atoms with Crippen LogP contribution in [-0.2, 0) is 9.47 Å². The number of benzene rings is 2. The number of nitrogens with zero attached hydrogens (tertiary/aromatic N) is 2. The van der Waals surface area contributed by atoms with Crippen LogP contribution in [0, 0.1) is 5.82 Å². The van der Waals surface area contributed by atoms with Crippen LogP contribution in [0.5, 0.6) is 11.5 Å². The molecule has 0 spiro atoms. The second-order valence-corrected chi connectivity index (χ2v) is 7.91. The monoisotopic (exact) mass is 445 g/mol. The number of hydrogen-bond donors (Lipinski definition) is 1. The lowest BCUT2D eigenvalue weighted by Crippen LogP contribution is -2.19. The van der Waals surface area contributed by atoms with Gasteiger partial charge in [-0.25, -0.2) is 14.4 Å². The van der Waals surface area contributed by atoms with Crippen molar-refractivity contribution in [2.75, 3.05) is 31.7 Å². The maximum atomic E-state index is 13.5. The van der Waals surface area contributed by atoms with E-state index < -0.39 is 5.82 Å².